The number of nitrogens with one attached hydrogen (secondary N) is 1. The van der Waals surface area contributed by atoms with Crippen LogP contribution in [0.15, 0.2) is 48.5 Å². The van der Waals surface area contributed by atoms with Crippen LogP contribution in [0.2, 0.25) is 0 Å². The molecule has 10 heteroatoms. The van der Waals surface area contributed by atoms with Crippen LogP contribution in [-0.4, -0.2) is 59.0 Å². The number of ether oxygens (including phenoxy) is 1. The molecule has 0 saturated carbocycles. The molecule has 2 aromatic carbocycles. The lowest BCUT2D eigenvalue weighted by atomic mass is 9.66. The molecule has 5 rings (SSSR count). The highest BCUT2D eigenvalue weighted by Crippen LogP contribution is 2.48. The molecule has 1 N–H and O–H groups in total. The highest BCUT2D eigenvalue weighted by atomic mass is 16.6. The van der Waals surface area contributed by atoms with Crippen molar-refractivity contribution in [2.75, 3.05) is 18.0 Å². The van der Waals surface area contributed by atoms with E-state index in [1.54, 1.807) is 6.07 Å². The number of anilines is 1. The average molecular weight is 479 g/mol. The number of benzene rings is 2. The fraction of sp³-hybridized carbons (Fsp3) is 0.400. The molecular weight excluding hydrogens is 452 g/mol. The fourth-order valence-corrected chi connectivity index (χ4v) is 5.77. The van der Waals surface area contributed by atoms with Crippen LogP contribution in [0.1, 0.15) is 25.0 Å². The number of nitro benzene ring substituents is 1. The highest BCUT2D eigenvalue weighted by molar-refractivity contribution is 6.20. The third kappa shape index (κ3) is 3.65. The van der Waals surface area contributed by atoms with Crippen molar-refractivity contribution >= 4 is 29.2 Å². The summed E-state index contributed by atoms with van der Waals surface area (Å²) in [5, 5.41) is 13.9. The van der Waals surface area contributed by atoms with Crippen molar-refractivity contribution in [2.24, 2.45) is 5.41 Å². The van der Waals surface area contributed by atoms with Gasteiger partial charge in [0.2, 0.25) is 11.8 Å². The molecule has 0 aliphatic carbocycles. The quantitative estimate of drug-likeness (QED) is 0.407. The predicted molar refractivity (Wildman–Crippen MR) is 126 cm³/mol. The molecule has 3 aliphatic rings. The van der Waals surface area contributed by atoms with Crippen LogP contribution in [0.3, 0.4) is 0 Å². The third-order valence-electron chi connectivity index (χ3n) is 7.20. The van der Waals surface area contributed by atoms with Crippen LogP contribution in [0.5, 0.6) is 0 Å². The zero-order chi connectivity index (χ0) is 24.9. The van der Waals surface area contributed by atoms with Crippen molar-refractivity contribution in [1.29, 1.82) is 0 Å². The zero-order valence-electron chi connectivity index (χ0n) is 19.5. The van der Waals surface area contributed by atoms with E-state index >= 15 is 0 Å². The summed E-state index contributed by atoms with van der Waals surface area (Å²) >= 11 is 0. The van der Waals surface area contributed by atoms with Crippen LogP contribution in [-0.2, 0) is 27.2 Å². The van der Waals surface area contributed by atoms with Crippen molar-refractivity contribution in [3.63, 3.8) is 0 Å². The largest absolute Gasteiger partial charge is 0.372 e. The summed E-state index contributed by atoms with van der Waals surface area (Å²) < 4.78 is 6.06. The maximum absolute atomic E-state index is 14.1. The summed E-state index contributed by atoms with van der Waals surface area (Å²) in [4.78, 5) is 54.4. The van der Waals surface area contributed by atoms with Gasteiger partial charge in [-0.2, -0.15) is 0 Å². The minimum Gasteiger partial charge on any atom is -0.372 e. The lowest BCUT2D eigenvalue weighted by molar-refractivity contribution is -0.384. The van der Waals surface area contributed by atoms with Gasteiger partial charge >= 0.3 is 6.03 Å². The minimum atomic E-state index is -1.66. The van der Waals surface area contributed by atoms with Gasteiger partial charge in [-0.1, -0.05) is 30.3 Å². The van der Waals surface area contributed by atoms with Gasteiger partial charge in [0.05, 0.1) is 23.2 Å². The molecule has 1 spiro atoms. The van der Waals surface area contributed by atoms with Gasteiger partial charge in [-0.3, -0.25) is 29.9 Å². The Morgan fingerprint density at radius 3 is 2.60 bits per heavy atom. The normalized spacial score (nSPS) is 27.9. The van der Waals surface area contributed by atoms with E-state index in [0.29, 0.717) is 18.5 Å². The molecule has 3 heterocycles. The molecule has 35 heavy (non-hydrogen) atoms. The first-order valence-electron chi connectivity index (χ1n) is 11.6. The number of carbonyl (C=O) groups is 3. The van der Waals surface area contributed by atoms with Crippen LogP contribution in [0.25, 0.3) is 0 Å². The molecule has 0 radical (unpaired) electrons. The second-order valence-electron chi connectivity index (χ2n) is 9.42. The summed E-state index contributed by atoms with van der Waals surface area (Å²) in [6, 6.07) is 12.5. The molecule has 4 amide bonds. The van der Waals surface area contributed by atoms with Crippen LogP contribution < -0.4 is 10.2 Å². The van der Waals surface area contributed by atoms with Gasteiger partial charge in [0.25, 0.3) is 5.69 Å². The van der Waals surface area contributed by atoms with Gasteiger partial charge < -0.3 is 9.64 Å². The number of morpholine rings is 1. The summed E-state index contributed by atoms with van der Waals surface area (Å²) in [5.41, 5.74) is 0.437. The highest BCUT2D eigenvalue weighted by Gasteiger charge is 2.64. The van der Waals surface area contributed by atoms with Crippen molar-refractivity contribution in [3.05, 3.63) is 69.8 Å². The standard InChI is InChI=1S/C25H26N4O6/c1-15-14-28-20-9-8-19(29(33)34)12-18(20)13-25(21(28)16(2)35-15)22(30)26-24(32)27(23(25)31)11-10-17-6-4-3-5-7-17/h3-9,12,15-16,21H,10-11,13-14H2,1-2H3,(H,26,30,32)/t15-,16-,21+,25-/m1/s1. The first-order valence-corrected chi connectivity index (χ1v) is 11.6. The Morgan fingerprint density at radius 1 is 1.14 bits per heavy atom. The number of imide groups is 2. The lowest BCUT2D eigenvalue weighted by Gasteiger charge is -2.56. The third-order valence-corrected chi connectivity index (χ3v) is 7.20. The molecule has 0 bridgehead atoms. The molecule has 10 nitrogen and oxygen atoms in total. The van der Waals surface area contributed by atoms with E-state index in [4.69, 9.17) is 4.74 Å². The number of amides is 4. The van der Waals surface area contributed by atoms with Crippen LogP contribution in [0, 0.1) is 15.5 Å². The van der Waals surface area contributed by atoms with Gasteiger partial charge in [-0.05, 0) is 37.5 Å². The van der Waals surface area contributed by atoms with E-state index in [1.807, 2.05) is 49.1 Å². The number of barbiturate groups is 1. The Balaban J connectivity index is 1.59. The van der Waals surface area contributed by atoms with E-state index in [0.717, 1.165) is 16.2 Å². The average Bonchev–Trinajstić information content (AvgIpc) is 2.82. The van der Waals surface area contributed by atoms with Gasteiger partial charge in [-0.15, -0.1) is 0 Å². The Kier molecular flexibility index (Phi) is 5.55. The Hall–Kier alpha value is -3.79. The number of non-ortho nitro benzene ring substituents is 1. The van der Waals surface area contributed by atoms with Crippen molar-refractivity contribution in [3.8, 4) is 0 Å². The summed E-state index contributed by atoms with van der Waals surface area (Å²) in [5.74, 6) is -1.29. The van der Waals surface area contributed by atoms with Crippen molar-refractivity contribution in [1.82, 2.24) is 10.2 Å². The number of urea groups is 1. The van der Waals surface area contributed by atoms with Gasteiger partial charge in [0.1, 0.15) is 0 Å². The zero-order valence-corrected chi connectivity index (χ0v) is 19.5. The summed E-state index contributed by atoms with van der Waals surface area (Å²) in [7, 11) is 0. The number of rotatable bonds is 4. The topological polar surface area (TPSA) is 122 Å². The van der Waals surface area contributed by atoms with Crippen LogP contribution in [0.4, 0.5) is 16.2 Å². The van der Waals surface area contributed by atoms with E-state index in [9.17, 15) is 24.5 Å². The maximum Gasteiger partial charge on any atom is 0.330 e. The monoisotopic (exact) mass is 478 g/mol. The van der Waals surface area contributed by atoms with E-state index in [-0.39, 0.29) is 24.8 Å². The van der Waals surface area contributed by atoms with E-state index < -0.39 is 40.3 Å². The van der Waals surface area contributed by atoms with Crippen LogP contribution >= 0.6 is 0 Å². The molecule has 3 aliphatic heterocycles. The number of hydrogen-bond donors (Lipinski definition) is 1. The fourth-order valence-electron chi connectivity index (χ4n) is 5.77. The smallest absolute Gasteiger partial charge is 0.330 e. The molecule has 2 saturated heterocycles. The molecule has 4 atom stereocenters. The number of nitrogens with zero attached hydrogens (tertiary/aromatic N) is 3. The number of hydrogen-bond acceptors (Lipinski definition) is 7. The van der Waals surface area contributed by atoms with E-state index in [1.165, 1.54) is 12.1 Å². The second-order valence-corrected chi connectivity index (χ2v) is 9.42. The molecule has 0 aromatic heterocycles. The molecular formula is C25H26N4O6. The van der Waals surface area contributed by atoms with Crippen molar-refractivity contribution in [2.45, 2.75) is 44.9 Å². The number of carbonyl (C=O) groups excluding carboxylic acids is 3. The maximum atomic E-state index is 14.1. The van der Waals surface area contributed by atoms with Gasteiger partial charge in [-0.25, -0.2) is 4.79 Å². The SMILES string of the molecule is C[C@@H]1CN2c3ccc([N+](=O)[O-])cc3C[C@]3(C(=O)NC(=O)N(CCc4ccccc4)C3=O)[C@@H]2[C@@H](C)O1. The first-order chi connectivity index (χ1) is 16.7. The number of fused-ring (bicyclic) bond motifs is 4. The minimum absolute atomic E-state index is 0.0625. The van der Waals surface area contributed by atoms with E-state index in [2.05, 4.69) is 5.32 Å². The lowest BCUT2D eigenvalue weighted by Crippen LogP contribution is -2.75. The molecule has 2 fully saturated rings. The number of nitro groups is 1. The Morgan fingerprint density at radius 2 is 1.89 bits per heavy atom. The Labute approximate surface area is 202 Å². The van der Waals surface area contributed by atoms with Gasteiger partial charge in [0, 0.05) is 37.3 Å². The second kappa shape index (κ2) is 8.46. The molecule has 0 unspecified atom stereocenters. The Bertz CT molecular complexity index is 1220. The van der Waals surface area contributed by atoms with Gasteiger partial charge in [0.15, 0.2) is 5.41 Å². The molecule has 182 valence electrons. The molecule has 2 aromatic rings. The predicted octanol–water partition coefficient (Wildman–Crippen LogP) is 2.44. The van der Waals surface area contributed by atoms with Crippen molar-refractivity contribution < 1.29 is 24.0 Å². The summed E-state index contributed by atoms with van der Waals surface area (Å²) in [6.45, 7) is 4.22. The summed E-state index contributed by atoms with van der Waals surface area (Å²) in [6.07, 6.45) is -0.311. The first kappa shape index (κ1) is 23.0.